The van der Waals surface area contributed by atoms with E-state index in [0.29, 0.717) is 6.04 Å². The van der Waals surface area contributed by atoms with Gasteiger partial charge in [0.05, 0.1) is 5.54 Å². The van der Waals surface area contributed by atoms with Crippen LogP contribution in [0.15, 0.2) is 30.3 Å². The van der Waals surface area contributed by atoms with E-state index in [0.717, 1.165) is 19.5 Å². The molecule has 0 spiro atoms. The Morgan fingerprint density at radius 1 is 1.44 bits per heavy atom. The third-order valence-corrected chi connectivity index (χ3v) is 3.74. The van der Waals surface area contributed by atoms with Crippen molar-refractivity contribution in [2.24, 2.45) is 0 Å². The first-order valence-corrected chi connectivity index (χ1v) is 6.30. The Labute approximate surface area is 108 Å². The average molecular weight is 248 g/mol. The first kappa shape index (κ1) is 12.9. The number of carbonyl (C=O) groups is 1. The molecule has 0 bridgehead atoms. The van der Waals surface area contributed by atoms with Crippen molar-refractivity contribution in [3.63, 3.8) is 0 Å². The van der Waals surface area contributed by atoms with Crippen LogP contribution >= 0.6 is 0 Å². The summed E-state index contributed by atoms with van der Waals surface area (Å²) in [4.78, 5) is 13.1. The van der Waals surface area contributed by atoms with Gasteiger partial charge in [0.1, 0.15) is 0 Å². The molecule has 98 valence electrons. The van der Waals surface area contributed by atoms with E-state index in [1.807, 2.05) is 25.1 Å². The quantitative estimate of drug-likeness (QED) is 0.864. The summed E-state index contributed by atoms with van der Waals surface area (Å²) in [5.41, 5.74) is 0.951. The topological polar surface area (TPSA) is 52.6 Å². The van der Waals surface area contributed by atoms with Crippen molar-refractivity contribution < 1.29 is 9.90 Å². The molecule has 1 aromatic rings. The summed E-state index contributed by atoms with van der Waals surface area (Å²) >= 11 is 0. The standard InChI is InChI=1S/C14H20N2O2/c1-11(12-6-4-3-5-7-12)16-9-8-14(2,10-16)15-13(17)18/h3-7,11,15H,8-10H2,1-2H3,(H,17,18)/t11-,14+/m1/s1. The van der Waals surface area contributed by atoms with Crippen molar-refractivity contribution >= 4 is 6.09 Å². The molecule has 0 unspecified atom stereocenters. The Hall–Kier alpha value is -1.55. The molecule has 4 heteroatoms. The van der Waals surface area contributed by atoms with E-state index < -0.39 is 6.09 Å². The SMILES string of the molecule is C[C@H](c1ccccc1)N1CC[C@](C)(NC(=O)O)C1. The van der Waals surface area contributed by atoms with Crippen LogP contribution in [0.2, 0.25) is 0 Å². The average Bonchev–Trinajstić information content (AvgIpc) is 2.70. The van der Waals surface area contributed by atoms with Gasteiger partial charge in [-0.1, -0.05) is 30.3 Å². The Morgan fingerprint density at radius 2 is 2.11 bits per heavy atom. The number of hydrogen-bond donors (Lipinski definition) is 2. The number of rotatable bonds is 3. The zero-order valence-electron chi connectivity index (χ0n) is 10.9. The zero-order valence-corrected chi connectivity index (χ0v) is 10.9. The van der Waals surface area contributed by atoms with Crippen molar-refractivity contribution in [1.82, 2.24) is 10.2 Å². The van der Waals surface area contributed by atoms with Crippen LogP contribution in [0.4, 0.5) is 4.79 Å². The second-order valence-corrected chi connectivity index (χ2v) is 5.30. The first-order chi connectivity index (χ1) is 8.50. The van der Waals surface area contributed by atoms with Crippen LogP contribution in [0.25, 0.3) is 0 Å². The molecule has 0 aliphatic carbocycles. The maximum Gasteiger partial charge on any atom is 0.405 e. The van der Waals surface area contributed by atoms with Gasteiger partial charge in [0.2, 0.25) is 0 Å². The second kappa shape index (κ2) is 4.98. The fourth-order valence-electron chi connectivity index (χ4n) is 2.63. The van der Waals surface area contributed by atoms with E-state index >= 15 is 0 Å². The summed E-state index contributed by atoms with van der Waals surface area (Å²) in [5.74, 6) is 0. The van der Waals surface area contributed by atoms with Crippen molar-refractivity contribution in [2.75, 3.05) is 13.1 Å². The second-order valence-electron chi connectivity index (χ2n) is 5.30. The van der Waals surface area contributed by atoms with Crippen molar-refractivity contribution in [3.05, 3.63) is 35.9 Å². The highest BCUT2D eigenvalue weighted by atomic mass is 16.4. The van der Waals surface area contributed by atoms with Crippen LogP contribution in [0.5, 0.6) is 0 Å². The molecule has 2 N–H and O–H groups in total. The van der Waals surface area contributed by atoms with Crippen molar-refractivity contribution in [2.45, 2.75) is 31.8 Å². The molecule has 1 fully saturated rings. The van der Waals surface area contributed by atoms with E-state index in [4.69, 9.17) is 5.11 Å². The Morgan fingerprint density at radius 3 is 2.72 bits per heavy atom. The predicted molar refractivity (Wildman–Crippen MR) is 70.6 cm³/mol. The summed E-state index contributed by atoms with van der Waals surface area (Å²) in [6, 6.07) is 10.6. The van der Waals surface area contributed by atoms with Gasteiger partial charge in [-0.15, -0.1) is 0 Å². The lowest BCUT2D eigenvalue weighted by atomic mass is 10.0. The highest BCUT2D eigenvalue weighted by Gasteiger charge is 2.37. The lowest BCUT2D eigenvalue weighted by Gasteiger charge is -2.28. The van der Waals surface area contributed by atoms with Gasteiger partial charge >= 0.3 is 6.09 Å². The molecule has 2 rings (SSSR count). The minimum atomic E-state index is -0.938. The van der Waals surface area contributed by atoms with Crippen molar-refractivity contribution in [1.29, 1.82) is 0 Å². The lowest BCUT2D eigenvalue weighted by Crippen LogP contribution is -2.47. The molecular formula is C14H20N2O2. The van der Waals surface area contributed by atoms with Crippen LogP contribution < -0.4 is 5.32 Å². The lowest BCUT2D eigenvalue weighted by molar-refractivity contribution is 0.176. The summed E-state index contributed by atoms with van der Waals surface area (Å²) in [7, 11) is 0. The molecule has 1 aliphatic heterocycles. The molecule has 0 radical (unpaired) electrons. The number of hydrogen-bond acceptors (Lipinski definition) is 2. The Bertz CT molecular complexity index is 421. The fraction of sp³-hybridized carbons (Fsp3) is 0.500. The number of benzene rings is 1. The minimum absolute atomic E-state index is 0.323. The maximum absolute atomic E-state index is 10.8. The molecule has 1 amide bonds. The third kappa shape index (κ3) is 2.82. The van der Waals surface area contributed by atoms with Crippen LogP contribution in [0, 0.1) is 0 Å². The number of amides is 1. The van der Waals surface area contributed by atoms with Gasteiger partial charge in [-0.2, -0.15) is 0 Å². The van der Waals surface area contributed by atoms with Crippen LogP contribution in [-0.2, 0) is 0 Å². The van der Waals surface area contributed by atoms with Gasteiger partial charge < -0.3 is 10.4 Å². The van der Waals surface area contributed by atoms with E-state index in [9.17, 15) is 4.79 Å². The van der Waals surface area contributed by atoms with Gasteiger partial charge in [-0.25, -0.2) is 4.79 Å². The first-order valence-electron chi connectivity index (χ1n) is 6.30. The number of nitrogens with one attached hydrogen (secondary N) is 1. The number of nitrogens with zero attached hydrogens (tertiary/aromatic N) is 1. The molecule has 18 heavy (non-hydrogen) atoms. The summed E-state index contributed by atoms with van der Waals surface area (Å²) < 4.78 is 0. The molecule has 4 nitrogen and oxygen atoms in total. The van der Waals surface area contributed by atoms with Crippen LogP contribution in [0.1, 0.15) is 31.9 Å². The molecule has 2 atom stereocenters. The van der Waals surface area contributed by atoms with Gasteiger partial charge in [0.25, 0.3) is 0 Å². The molecule has 1 saturated heterocycles. The smallest absolute Gasteiger partial charge is 0.405 e. The number of likely N-dealkylation sites (tertiary alicyclic amines) is 1. The van der Waals surface area contributed by atoms with E-state index in [-0.39, 0.29) is 5.54 Å². The maximum atomic E-state index is 10.8. The highest BCUT2D eigenvalue weighted by Crippen LogP contribution is 2.29. The normalized spacial score (nSPS) is 25.9. The van der Waals surface area contributed by atoms with Crippen molar-refractivity contribution in [3.8, 4) is 0 Å². The largest absolute Gasteiger partial charge is 0.465 e. The fourth-order valence-corrected chi connectivity index (χ4v) is 2.63. The Kier molecular flexibility index (Phi) is 3.57. The summed E-state index contributed by atoms with van der Waals surface area (Å²) in [6.07, 6.45) is -0.0806. The van der Waals surface area contributed by atoms with Gasteiger partial charge in [0.15, 0.2) is 0 Å². The van der Waals surface area contributed by atoms with Gasteiger partial charge in [0, 0.05) is 19.1 Å². The van der Waals surface area contributed by atoms with E-state index in [2.05, 4.69) is 29.3 Å². The summed E-state index contributed by atoms with van der Waals surface area (Å²) in [6.45, 7) is 5.82. The molecule has 1 heterocycles. The minimum Gasteiger partial charge on any atom is -0.465 e. The molecular weight excluding hydrogens is 228 g/mol. The van der Waals surface area contributed by atoms with Crippen LogP contribution in [-0.4, -0.2) is 34.7 Å². The van der Waals surface area contributed by atoms with Gasteiger partial charge in [-0.3, -0.25) is 4.90 Å². The van der Waals surface area contributed by atoms with Gasteiger partial charge in [-0.05, 0) is 25.8 Å². The van der Waals surface area contributed by atoms with Crippen LogP contribution in [0.3, 0.4) is 0 Å². The molecule has 1 aromatic carbocycles. The molecule has 0 aromatic heterocycles. The molecule has 1 aliphatic rings. The zero-order chi connectivity index (χ0) is 13.2. The molecule has 0 saturated carbocycles. The number of carboxylic acid groups (broad SMARTS) is 1. The Balaban J connectivity index is 2.03. The highest BCUT2D eigenvalue weighted by molar-refractivity contribution is 5.65. The summed E-state index contributed by atoms with van der Waals surface area (Å²) in [5, 5.41) is 11.5. The van der Waals surface area contributed by atoms with E-state index in [1.54, 1.807) is 0 Å². The monoisotopic (exact) mass is 248 g/mol. The van der Waals surface area contributed by atoms with E-state index in [1.165, 1.54) is 5.56 Å². The third-order valence-electron chi connectivity index (χ3n) is 3.74. The predicted octanol–water partition coefficient (Wildman–Crippen LogP) is 2.48.